The van der Waals surface area contributed by atoms with Crippen molar-refractivity contribution in [3.8, 4) is 0 Å². The Morgan fingerprint density at radius 1 is 1.17 bits per heavy atom. The Kier molecular flexibility index (Phi) is 5.07. The number of carbonyl (C=O) groups is 2. The van der Waals surface area contributed by atoms with Crippen LogP contribution in [0.5, 0.6) is 0 Å². The molecule has 0 bridgehead atoms. The number of nitrogens with zero attached hydrogens (tertiary/aromatic N) is 3. The number of benzene rings is 1. The standard InChI is InChI=1S/C21H19ClN4O3/c1-12(2)11-23-21(28)29-20-15-6-4-3-5-14(15)19(27)26(20)17-10-8-13-7-9-16(22)24-18(13)25-17/h3-10,12,20H,11H2,1-2H3,(H,23,28). The molecule has 3 heterocycles. The Hall–Kier alpha value is -3.19. The predicted molar refractivity (Wildman–Crippen MR) is 110 cm³/mol. The van der Waals surface area contributed by atoms with E-state index in [1.807, 2.05) is 13.8 Å². The molecule has 8 heteroatoms. The molecule has 0 saturated carbocycles. The summed E-state index contributed by atoms with van der Waals surface area (Å²) in [6.45, 7) is 4.44. The number of anilines is 1. The number of pyridine rings is 2. The van der Waals surface area contributed by atoms with Crippen molar-refractivity contribution in [3.05, 3.63) is 64.8 Å². The highest BCUT2D eigenvalue weighted by atomic mass is 35.5. The summed E-state index contributed by atoms with van der Waals surface area (Å²) < 4.78 is 5.63. The fraction of sp³-hybridized carbons (Fsp3) is 0.238. The number of carbonyl (C=O) groups excluding carboxylic acids is 2. The lowest BCUT2D eigenvalue weighted by atomic mass is 10.1. The van der Waals surface area contributed by atoms with E-state index in [4.69, 9.17) is 16.3 Å². The van der Waals surface area contributed by atoms with Gasteiger partial charge in [0.05, 0.1) is 0 Å². The highest BCUT2D eigenvalue weighted by Crippen LogP contribution is 2.38. The number of alkyl carbamates (subject to hydrolysis) is 1. The predicted octanol–water partition coefficient (Wildman–Crippen LogP) is 4.32. The number of hydrogen-bond acceptors (Lipinski definition) is 5. The summed E-state index contributed by atoms with van der Waals surface area (Å²) >= 11 is 5.98. The maximum atomic E-state index is 13.1. The van der Waals surface area contributed by atoms with Crippen LogP contribution in [0, 0.1) is 5.92 Å². The van der Waals surface area contributed by atoms with Crippen molar-refractivity contribution in [2.75, 3.05) is 11.4 Å². The van der Waals surface area contributed by atoms with Gasteiger partial charge in [-0.1, -0.05) is 43.6 Å². The second-order valence-corrected chi connectivity index (χ2v) is 7.53. The number of fused-ring (bicyclic) bond motifs is 2. The van der Waals surface area contributed by atoms with E-state index in [9.17, 15) is 9.59 Å². The van der Waals surface area contributed by atoms with E-state index in [1.165, 1.54) is 4.90 Å². The summed E-state index contributed by atoms with van der Waals surface area (Å²) in [7, 11) is 0. The quantitative estimate of drug-likeness (QED) is 0.647. The minimum Gasteiger partial charge on any atom is -0.420 e. The molecule has 7 nitrogen and oxygen atoms in total. The van der Waals surface area contributed by atoms with Crippen LogP contribution < -0.4 is 10.2 Å². The van der Waals surface area contributed by atoms with Crippen LogP contribution in [0.4, 0.5) is 10.6 Å². The lowest BCUT2D eigenvalue weighted by Gasteiger charge is -2.24. The molecular weight excluding hydrogens is 392 g/mol. The van der Waals surface area contributed by atoms with Crippen LogP contribution in [0.3, 0.4) is 0 Å². The second kappa shape index (κ2) is 7.67. The first-order chi connectivity index (χ1) is 13.9. The normalized spacial score (nSPS) is 15.7. The monoisotopic (exact) mass is 410 g/mol. The van der Waals surface area contributed by atoms with Gasteiger partial charge in [-0.2, -0.15) is 0 Å². The van der Waals surface area contributed by atoms with E-state index in [2.05, 4.69) is 15.3 Å². The smallest absolute Gasteiger partial charge is 0.409 e. The van der Waals surface area contributed by atoms with Crippen LogP contribution in [0.25, 0.3) is 11.0 Å². The third-order valence-electron chi connectivity index (χ3n) is 4.53. The molecule has 1 unspecified atom stereocenters. The van der Waals surface area contributed by atoms with E-state index in [0.717, 1.165) is 5.39 Å². The van der Waals surface area contributed by atoms with Crippen LogP contribution in [-0.4, -0.2) is 28.5 Å². The largest absolute Gasteiger partial charge is 0.420 e. The van der Waals surface area contributed by atoms with Crippen molar-refractivity contribution in [1.29, 1.82) is 0 Å². The minimum atomic E-state index is -0.921. The Morgan fingerprint density at radius 2 is 1.93 bits per heavy atom. The number of halogens is 1. The molecule has 0 radical (unpaired) electrons. The number of amides is 2. The maximum Gasteiger partial charge on any atom is 0.409 e. The summed E-state index contributed by atoms with van der Waals surface area (Å²) in [5.74, 6) is 0.306. The fourth-order valence-electron chi connectivity index (χ4n) is 3.15. The first-order valence-electron chi connectivity index (χ1n) is 9.24. The highest BCUT2D eigenvalue weighted by Gasteiger charge is 2.41. The summed E-state index contributed by atoms with van der Waals surface area (Å²) in [6, 6.07) is 14.0. The number of hydrogen-bond donors (Lipinski definition) is 1. The second-order valence-electron chi connectivity index (χ2n) is 7.14. The zero-order valence-corrected chi connectivity index (χ0v) is 16.7. The number of ether oxygens (including phenoxy) is 1. The third-order valence-corrected chi connectivity index (χ3v) is 4.74. The molecule has 4 rings (SSSR count). The third kappa shape index (κ3) is 3.73. The SMILES string of the molecule is CC(C)CNC(=O)OC1c2ccccc2C(=O)N1c1ccc2ccc(Cl)nc2n1. The average molecular weight is 411 g/mol. The van der Waals surface area contributed by atoms with Gasteiger partial charge in [0.15, 0.2) is 5.65 Å². The molecule has 148 valence electrons. The van der Waals surface area contributed by atoms with Gasteiger partial charge < -0.3 is 10.1 Å². The van der Waals surface area contributed by atoms with Crippen molar-refractivity contribution in [1.82, 2.24) is 15.3 Å². The lowest BCUT2D eigenvalue weighted by Crippen LogP contribution is -2.35. The molecule has 1 atom stereocenters. The molecule has 0 aliphatic carbocycles. The van der Waals surface area contributed by atoms with Gasteiger partial charge in [0.2, 0.25) is 6.23 Å². The van der Waals surface area contributed by atoms with E-state index in [1.54, 1.807) is 48.5 Å². The topological polar surface area (TPSA) is 84.4 Å². The molecule has 1 aromatic carbocycles. The molecule has 29 heavy (non-hydrogen) atoms. The number of rotatable bonds is 4. The van der Waals surface area contributed by atoms with Crippen LogP contribution in [0.15, 0.2) is 48.5 Å². The van der Waals surface area contributed by atoms with E-state index < -0.39 is 12.3 Å². The van der Waals surface area contributed by atoms with Gasteiger partial charge in [0.25, 0.3) is 5.91 Å². The summed E-state index contributed by atoms with van der Waals surface area (Å²) in [4.78, 5) is 35.5. The highest BCUT2D eigenvalue weighted by molar-refractivity contribution is 6.29. The van der Waals surface area contributed by atoms with Crippen molar-refractivity contribution in [2.45, 2.75) is 20.1 Å². The fourth-order valence-corrected chi connectivity index (χ4v) is 3.30. The summed E-state index contributed by atoms with van der Waals surface area (Å²) in [5, 5.41) is 3.81. The molecule has 1 aliphatic heterocycles. The van der Waals surface area contributed by atoms with Gasteiger partial charge in [-0.15, -0.1) is 0 Å². The van der Waals surface area contributed by atoms with Crippen LogP contribution >= 0.6 is 11.6 Å². The van der Waals surface area contributed by atoms with E-state index in [0.29, 0.717) is 34.3 Å². The Bertz CT molecular complexity index is 1100. The molecule has 1 N–H and O–H groups in total. The van der Waals surface area contributed by atoms with Crippen molar-refractivity contribution < 1.29 is 14.3 Å². The Balaban J connectivity index is 1.72. The molecule has 0 spiro atoms. The molecular formula is C21H19ClN4O3. The van der Waals surface area contributed by atoms with Crippen molar-refractivity contribution in [3.63, 3.8) is 0 Å². The average Bonchev–Trinajstić information content (AvgIpc) is 2.98. The molecule has 0 fully saturated rings. The van der Waals surface area contributed by atoms with Crippen molar-refractivity contribution in [2.24, 2.45) is 5.92 Å². The van der Waals surface area contributed by atoms with Gasteiger partial charge in [-0.25, -0.2) is 14.8 Å². The molecule has 1 aliphatic rings. The first kappa shape index (κ1) is 19.1. The molecule has 2 amide bonds. The molecule has 3 aromatic rings. The number of aromatic nitrogens is 2. The van der Waals surface area contributed by atoms with Gasteiger partial charge >= 0.3 is 6.09 Å². The minimum absolute atomic E-state index is 0.272. The van der Waals surface area contributed by atoms with E-state index >= 15 is 0 Å². The van der Waals surface area contributed by atoms with Crippen LogP contribution in [-0.2, 0) is 4.74 Å². The summed E-state index contributed by atoms with van der Waals surface area (Å²) in [6.07, 6.45) is -1.52. The molecule has 2 aromatic heterocycles. The van der Waals surface area contributed by atoms with Gasteiger partial charge in [-0.3, -0.25) is 9.69 Å². The van der Waals surface area contributed by atoms with Crippen LogP contribution in [0.2, 0.25) is 5.15 Å². The van der Waals surface area contributed by atoms with Gasteiger partial charge in [0.1, 0.15) is 11.0 Å². The van der Waals surface area contributed by atoms with Crippen molar-refractivity contribution >= 4 is 40.5 Å². The Labute approximate surface area is 172 Å². The van der Waals surface area contributed by atoms with Gasteiger partial charge in [-0.05, 0) is 36.2 Å². The van der Waals surface area contributed by atoms with E-state index in [-0.39, 0.29) is 11.8 Å². The van der Waals surface area contributed by atoms with Gasteiger partial charge in [0, 0.05) is 23.1 Å². The number of nitrogens with one attached hydrogen (secondary N) is 1. The zero-order chi connectivity index (χ0) is 20.5. The maximum absolute atomic E-state index is 13.1. The Morgan fingerprint density at radius 3 is 2.72 bits per heavy atom. The summed E-state index contributed by atoms with van der Waals surface area (Å²) in [5.41, 5.74) is 1.48. The zero-order valence-electron chi connectivity index (χ0n) is 15.9. The first-order valence-corrected chi connectivity index (χ1v) is 9.62. The van der Waals surface area contributed by atoms with Crippen LogP contribution in [0.1, 0.15) is 36.0 Å². The lowest BCUT2D eigenvalue weighted by molar-refractivity contribution is 0.0828. The molecule has 0 saturated heterocycles.